The van der Waals surface area contributed by atoms with Gasteiger partial charge in [-0.05, 0) is 59.3 Å². The molecule has 6 aromatic carbocycles. The minimum atomic E-state index is 1.14. The Morgan fingerprint density at radius 3 is 2.08 bits per heavy atom. The van der Waals surface area contributed by atoms with Gasteiger partial charge in [0.2, 0.25) is 0 Å². The average molecular weight is 510 g/mol. The highest BCUT2D eigenvalue weighted by molar-refractivity contribution is 6.23. The van der Waals surface area contributed by atoms with Gasteiger partial charge in [0.1, 0.15) is 0 Å². The third-order valence-electron chi connectivity index (χ3n) is 8.34. The molecule has 9 aromatic rings. The van der Waals surface area contributed by atoms with Crippen LogP contribution in [0, 0.1) is 0 Å². The van der Waals surface area contributed by atoms with E-state index in [1.54, 1.807) is 0 Å². The Kier molecular flexibility index (Phi) is 4.33. The van der Waals surface area contributed by atoms with Crippen LogP contribution < -0.4 is 0 Å². The smallest absolute Gasteiger partial charge is 0.0619 e. The van der Waals surface area contributed by atoms with Gasteiger partial charge in [-0.3, -0.25) is 4.98 Å². The van der Waals surface area contributed by atoms with Crippen LogP contribution in [0.25, 0.3) is 76.5 Å². The van der Waals surface area contributed by atoms with Crippen molar-refractivity contribution in [2.24, 2.45) is 0 Å². The topological polar surface area (TPSA) is 22.8 Å². The van der Waals surface area contributed by atoms with Crippen LogP contribution in [0.1, 0.15) is 0 Å². The van der Waals surface area contributed by atoms with Crippen molar-refractivity contribution in [3.63, 3.8) is 0 Å². The fraction of sp³-hybridized carbons (Fsp3) is 0. The summed E-state index contributed by atoms with van der Waals surface area (Å²) < 4.78 is 4.86. The molecule has 0 radical (unpaired) electrons. The van der Waals surface area contributed by atoms with Crippen LogP contribution in [0.4, 0.5) is 0 Å². The molecule has 0 saturated carbocycles. The van der Waals surface area contributed by atoms with E-state index in [2.05, 4.69) is 142 Å². The SMILES string of the molecule is c1ccc(-n2c3cc4c(cc3c3ccc5ccccc5c32)c2ccccc2n4-c2ccc3cnccc3c2)cc1. The van der Waals surface area contributed by atoms with Gasteiger partial charge in [0.15, 0.2) is 0 Å². The van der Waals surface area contributed by atoms with E-state index in [0.717, 1.165) is 11.1 Å². The first-order valence-electron chi connectivity index (χ1n) is 13.6. The monoisotopic (exact) mass is 509 g/mol. The average Bonchev–Trinajstić information content (AvgIpc) is 3.52. The van der Waals surface area contributed by atoms with Crippen molar-refractivity contribution < 1.29 is 0 Å². The molecule has 0 saturated heterocycles. The van der Waals surface area contributed by atoms with E-state index in [1.807, 2.05) is 12.4 Å². The second-order valence-electron chi connectivity index (χ2n) is 10.5. The summed E-state index contributed by atoms with van der Waals surface area (Å²) in [6.07, 6.45) is 3.79. The Bertz CT molecular complexity index is 2430. The molecule has 9 rings (SSSR count). The van der Waals surface area contributed by atoms with Gasteiger partial charge < -0.3 is 9.13 Å². The van der Waals surface area contributed by atoms with Gasteiger partial charge in [-0.25, -0.2) is 0 Å². The first-order chi connectivity index (χ1) is 19.8. The van der Waals surface area contributed by atoms with Crippen molar-refractivity contribution in [2.75, 3.05) is 0 Å². The molecule has 0 aliphatic rings. The van der Waals surface area contributed by atoms with Crippen LogP contribution in [0.15, 0.2) is 140 Å². The number of hydrogen-bond donors (Lipinski definition) is 0. The molecule has 0 atom stereocenters. The molecule has 3 heteroatoms. The maximum absolute atomic E-state index is 4.31. The van der Waals surface area contributed by atoms with Crippen molar-refractivity contribution in [3.8, 4) is 11.4 Å². The molecule has 0 bridgehead atoms. The summed E-state index contributed by atoms with van der Waals surface area (Å²) in [5.41, 5.74) is 7.18. The molecule has 0 spiro atoms. The van der Waals surface area contributed by atoms with E-state index in [0.29, 0.717) is 0 Å². The van der Waals surface area contributed by atoms with Gasteiger partial charge >= 0.3 is 0 Å². The molecule has 3 aromatic heterocycles. The maximum atomic E-state index is 4.31. The molecule has 3 heterocycles. The number of aromatic nitrogens is 3. The lowest BCUT2D eigenvalue weighted by molar-refractivity contribution is 1.17. The zero-order valence-electron chi connectivity index (χ0n) is 21.6. The van der Waals surface area contributed by atoms with Crippen LogP contribution in [0.2, 0.25) is 0 Å². The number of nitrogens with zero attached hydrogens (tertiary/aromatic N) is 3. The summed E-state index contributed by atoms with van der Waals surface area (Å²) >= 11 is 0. The van der Waals surface area contributed by atoms with Gasteiger partial charge in [0, 0.05) is 56.1 Å². The molecular formula is C37H23N3. The number of para-hydroxylation sites is 2. The van der Waals surface area contributed by atoms with Crippen LogP contribution in [0.5, 0.6) is 0 Å². The van der Waals surface area contributed by atoms with Crippen LogP contribution >= 0.6 is 0 Å². The molecule has 0 unspecified atom stereocenters. The molecular weight excluding hydrogens is 486 g/mol. The molecule has 0 aliphatic heterocycles. The number of hydrogen-bond acceptors (Lipinski definition) is 1. The maximum Gasteiger partial charge on any atom is 0.0619 e. The summed E-state index contributed by atoms with van der Waals surface area (Å²) in [4.78, 5) is 4.31. The largest absolute Gasteiger partial charge is 0.309 e. The van der Waals surface area contributed by atoms with Crippen molar-refractivity contribution in [1.29, 1.82) is 0 Å². The Morgan fingerprint density at radius 1 is 0.400 bits per heavy atom. The molecule has 186 valence electrons. The van der Waals surface area contributed by atoms with Crippen molar-refractivity contribution in [2.45, 2.75) is 0 Å². The lowest BCUT2D eigenvalue weighted by atomic mass is 10.0. The van der Waals surface area contributed by atoms with Gasteiger partial charge in [-0.15, -0.1) is 0 Å². The van der Waals surface area contributed by atoms with Crippen LogP contribution in [-0.4, -0.2) is 14.1 Å². The summed E-state index contributed by atoms with van der Waals surface area (Å²) in [5, 5.41) is 9.91. The Hall–Kier alpha value is -5.41. The van der Waals surface area contributed by atoms with Crippen molar-refractivity contribution in [3.05, 3.63) is 140 Å². The highest BCUT2D eigenvalue weighted by atomic mass is 15.0. The normalized spacial score (nSPS) is 12.0. The Balaban J connectivity index is 1.49. The second kappa shape index (κ2) is 8.05. The van der Waals surface area contributed by atoms with Gasteiger partial charge in [0.05, 0.1) is 22.1 Å². The van der Waals surface area contributed by atoms with E-state index in [1.165, 1.54) is 65.5 Å². The highest BCUT2D eigenvalue weighted by Crippen LogP contribution is 2.41. The standard InChI is InChI=1S/C37H23N3/c1-2-9-27(10-3-1)40-36-22-35-32(21-33(36)31-17-15-24-8-4-5-11-29(24)37(31)40)30-12-6-7-13-34(30)39(35)28-16-14-26-23-38-19-18-25(26)20-28/h1-23H. The highest BCUT2D eigenvalue weighted by Gasteiger charge is 2.19. The number of fused-ring (bicyclic) bond motifs is 9. The third kappa shape index (κ3) is 2.92. The summed E-state index contributed by atoms with van der Waals surface area (Å²) in [6, 6.07) is 46.3. The zero-order chi connectivity index (χ0) is 26.2. The summed E-state index contributed by atoms with van der Waals surface area (Å²) in [5.74, 6) is 0. The Labute approximate surface area is 230 Å². The minimum absolute atomic E-state index is 1.14. The predicted molar refractivity (Wildman–Crippen MR) is 168 cm³/mol. The summed E-state index contributed by atoms with van der Waals surface area (Å²) in [6.45, 7) is 0. The van der Waals surface area contributed by atoms with E-state index in [4.69, 9.17) is 0 Å². The van der Waals surface area contributed by atoms with Crippen LogP contribution in [0.3, 0.4) is 0 Å². The van der Waals surface area contributed by atoms with E-state index < -0.39 is 0 Å². The fourth-order valence-electron chi connectivity index (χ4n) is 6.57. The first-order valence-corrected chi connectivity index (χ1v) is 13.6. The molecule has 0 amide bonds. The summed E-state index contributed by atoms with van der Waals surface area (Å²) in [7, 11) is 0. The quantitative estimate of drug-likeness (QED) is 0.227. The van der Waals surface area contributed by atoms with E-state index in [-0.39, 0.29) is 0 Å². The third-order valence-corrected chi connectivity index (χ3v) is 8.34. The molecule has 40 heavy (non-hydrogen) atoms. The Morgan fingerprint density at radius 2 is 1.15 bits per heavy atom. The number of benzene rings is 6. The predicted octanol–water partition coefficient (Wildman–Crippen LogP) is 9.58. The second-order valence-corrected chi connectivity index (χ2v) is 10.5. The minimum Gasteiger partial charge on any atom is -0.309 e. The molecule has 3 nitrogen and oxygen atoms in total. The van der Waals surface area contributed by atoms with E-state index >= 15 is 0 Å². The van der Waals surface area contributed by atoms with Crippen molar-refractivity contribution in [1.82, 2.24) is 14.1 Å². The molecule has 0 N–H and O–H groups in total. The number of pyridine rings is 1. The zero-order valence-corrected chi connectivity index (χ0v) is 21.6. The molecule has 0 aliphatic carbocycles. The number of rotatable bonds is 2. The van der Waals surface area contributed by atoms with E-state index in [9.17, 15) is 0 Å². The lowest BCUT2D eigenvalue weighted by Gasteiger charge is -2.11. The lowest BCUT2D eigenvalue weighted by Crippen LogP contribution is -1.96. The fourth-order valence-corrected chi connectivity index (χ4v) is 6.57. The molecule has 0 fully saturated rings. The van der Waals surface area contributed by atoms with Crippen LogP contribution in [-0.2, 0) is 0 Å². The first kappa shape index (κ1) is 21.5. The van der Waals surface area contributed by atoms with Gasteiger partial charge in [0.25, 0.3) is 0 Å². The van der Waals surface area contributed by atoms with Crippen molar-refractivity contribution >= 4 is 65.2 Å². The van der Waals surface area contributed by atoms with Gasteiger partial charge in [-0.1, -0.05) is 78.9 Å². The van der Waals surface area contributed by atoms with Gasteiger partial charge in [-0.2, -0.15) is 0 Å².